The van der Waals surface area contributed by atoms with Crippen LogP contribution in [-0.4, -0.2) is 62.7 Å². The van der Waals surface area contributed by atoms with Gasteiger partial charge in [-0.2, -0.15) is 0 Å². The molecule has 1 aliphatic heterocycles. The molecule has 1 N–H and O–H groups in total. The molecule has 1 aliphatic rings. The van der Waals surface area contributed by atoms with Gasteiger partial charge in [-0.15, -0.1) is 0 Å². The van der Waals surface area contributed by atoms with Gasteiger partial charge in [0.25, 0.3) is 0 Å². The molecule has 19 heavy (non-hydrogen) atoms. The number of likely N-dealkylation sites (tertiary alicyclic amines) is 1. The molecule has 1 fully saturated rings. The molecule has 0 radical (unpaired) electrons. The van der Waals surface area contributed by atoms with Gasteiger partial charge in [0.2, 0.25) is 0 Å². The number of nitrogens with one attached hydrogen (secondary N) is 1. The quantitative estimate of drug-likeness (QED) is 0.615. The number of likely N-dealkylation sites (N-methyl/N-ethyl adjacent to an activating group) is 2. The molecule has 0 bridgehead atoms. The predicted octanol–water partition coefficient (Wildman–Crippen LogP) is 2.57. The van der Waals surface area contributed by atoms with Crippen molar-refractivity contribution < 1.29 is 0 Å². The molecule has 0 amide bonds. The van der Waals surface area contributed by atoms with E-state index in [4.69, 9.17) is 0 Å². The summed E-state index contributed by atoms with van der Waals surface area (Å²) in [6.45, 7) is 8.44. The van der Waals surface area contributed by atoms with Crippen molar-refractivity contribution in [2.75, 3.05) is 46.8 Å². The third-order valence-electron chi connectivity index (χ3n) is 4.26. The molecular formula is C16H35N3. The second-order valence-electron chi connectivity index (χ2n) is 6.20. The van der Waals surface area contributed by atoms with Gasteiger partial charge in [-0.1, -0.05) is 19.8 Å². The largest absolute Gasteiger partial charge is 0.317 e. The number of piperidine rings is 1. The number of nitrogens with zero attached hydrogens (tertiary/aromatic N) is 2. The van der Waals surface area contributed by atoms with Crippen molar-refractivity contribution in [3.8, 4) is 0 Å². The van der Waals surface area contributed by atoms with Gasteiger partial charge in [-0.25, -0.2) is 0 Å². The summed E-state index contributed by atoms with van der Waals surface area (Å²) >= 11 is 0. The molecule has 1 saturated heterocycles. The Morgan fingerprint density at radius 3 is 2.68 bits per heavy atom. The van der Waals surface area contributed by atoms with E-state index in [0.29, 0.717) is 0 Å². The Kier molecular flexibility index (Phi) is 9.48. The molecule has 1 unspecified atom stereocenters. The molecule has 1 heterocycles. The zero-order valence-electron chi connectivity index (χ0n) is 13.5. The second kappa shape index (κ2) is 10.6. The summed E-state index contributed by atoms with van der Waals surface area (Å²) in [4.78, 5) is 5.06. The highest BCUT2D eigenvalue weighted by Crippen LogP contribution is 2.14. The van der Waals surface area contributed by atoms with Crippen LogP contribution in [-0.2, 0) is 0 Å². The fraction of sp³-hybridized carbons (Fsp3) is 1.00. The van der Waals surface area contributed by atoms with Crippen molar-refractivity contribution in [2.24, 2.45) is 0 Å². The maximum absolute atomic E-state index is 3.48. The van der Waals surface area contributed by atoms with Gasteiger partial charge < -0.3 is 15.1 Å². The number of hydrogen-bond donors (Lipinski definition) is 1. The first-order chi connectivity index (χ1) is 9.24. The van der Waals surface area contributed by atoms with Gasteiger partial charge >= 0.3 is 0 Å². The van der Waals surface area contributed by atoms with E-state index in [9.17, 15) is 0 Å². The number of hydrogen-bond acceptors (Lipinski definition) is 3. The molecule has 0 aromatic rings. The first-order valence-corrected chi connectivity index (χ1v) is 8.33. The van der Waals surface area contributed by atoms with E-state index in [1.807, 2.05) is 0 Å². The Hall–Kier alpha value is -0.120. The van der Waals surface area contributed by atoms with Gasteiger partial charge in [0, 0.05) is 12.6 Å². The lowest BCUT2D eigenvalue weighted by atomic mass is 10.0. The topological polar surface area (TPSA) is 18.5 Å². The normalized spacial score (nSPS) is 21.2. The summed E-state index contributed by atoms with van der Waals surface area (Å²) in [6.07, 6.45) is 9.49. The van der Waals surface area contributed by atoms with Gasteiger partial charge in [0.05, 0.1) is 0 Å². The monoisotopic (exact) mass is 269 g/mol. The summed E-state index contributed by atoms with van der Waals surface area (Å²) in [5.41, 5.74) is 0. The average Bonchev–Trinajstić information content (AvgIpc) is 2.41. The molecule has 3 heteroatoms. The van der Waals surface area contributed by atoms with E-state index < -0.39 is 0 Å². The van der Waals surface area contributed by atoms with Crippen LogP contribution < -0.4 is 5.32 Å². The number of unbranched alkanes of at least 4 members (excludes halogenated alkanes) is 3. The molecular weight excluding hydrogens is 234 g/mol. The summed E-state index contributed by atoms with van der Waals surface area (Å²) in [7, 11) is 4.57. The van der Waals surface area contributed by atoms with Crippen LogP contribution in [0.4, 0.5) is 0 Å². The lowest BCUT2D eigenvalue weighted by Crippen LogP contribution is -2.45. The summed E-state index contributed by atoms with van der Waals surface area (Å²) < 4.78 is 0. The Morgan fingerprint density at radius 1 is 1.16 bits per heavy atom. The van der Waals surface area contributed by atoms with Crippen molar-refractivity contribution >= 4 is 0 Å². The Labute approximate surface area is 120 Å². The molecule has 1 atom stereocenters. The summed E-state index contributed by atoms with van der Waals surface area (Å²) in [6, 6.07) is 0.796. The molecule has 0 spiro atoms. The second-order valence-corrected chi connectivity index (χ2v) is 6.20. The first kappa shape index (κ1) is 16.9. The van der Waals surface area contributed by atoms with Gasteiger partial charge in [-0.3, -0.25) is 0 Å². The lowest BCUT2D eigenvalue weighted by Gasteiger charge is -2.35. The van der Waals surface area contributed by atoms with Crippen LogP contribution in [0, 0.1) is 0 Å². The molecule has 0 aromatic heterocycles. The summed E-state index contributed by atoms with van der Waals surface area (Å²) in [5.74, 6) is 0. The van der Waals surface area contributed by atoms with Crippen molar-refractivity contribution in [1.82, 2.24) is 15.1 Å². The molecule has 114 valence electrons. The third kappa shape index (κ3) is 7.91. The zero-order chi connectivity index (χ0) is 13.9. The maximum Gasteiger partial charge on any atom is 0.0220 e. The van der Waals surface area contributed by atoms with Gasteiger partial charge in [-0.05, 0) is 72.4 Å². The Morgan fingerprint density at radius 2 is 1.95 bits per heavy atom. The van der Waals surface area contributed by atoms with Crippen LogP contribution >= 0.6 is 0 Å². The zero-order valence-corrected chi connectivity index (χ0v) is 13.5. The minimum atomic E-state index is 0.796. The SMILES string of the molecule is CCCNCCCCCCN(C)C1CCCN(C)C1. The standard InChI is InChI=1S/C16H35N3/c1-4-11-17-12-7-5-6-8-14-19(3)16-10-9-13-18(2)15-16/h16-17H,4-15H2,1-3H3. The van der Waals surface area contributed by atoms with Crippen LogP contribution in [0.5, 0.6) is 0 Å². The molecule has 0 saturated carbocycles. The van der Waals surface area contributed by atoms with Crippen LogP contribution in [0.15, 0.2) is 0 Å². The first-order valence-electron chi connectivity index (χ1n) is 8.33. The maximum atomic E-state index is 3.48. The minimum Gasteiger partial charge on any atom is -0.317 e. The summed E-state index contributed by atoms with van der Waals surface area (Å²) in [5, 5.41) is 3.48. The molecule has 3 nitrogen and oxygen atoms in total. The van der Waals surface area contributed by atoms with Gasteiger partial charge in [0.1, 0.15) is 0 Å². The van der Waals surface area contributed by atoms with E-state index in [1.54, 1.807) is 0 Å². The highest BCUT2D eigenvalue weighted by atomic mass is 15.2. The molecule has 1 rings (SSSR count). The predicted molar refractivity (Wildman–Crippen MR) is 84.8 cm³/mol. The van der Waals surface area contributed by atoms with Crippen LogP contribution in [0.2, 0.25) is 0 Å². The van der Waals surface area contributed by atoms with Crippen LogP contribution in [0.3, 0.4) is 0 Å². The average molecular weight is 269 g/mol. The smallest absolute Gasteiger partial charge is 0.0220 e. The minimum absolute atomic E-state index is 0.796. The lowest BCUT2D eigenvalue weighted by molar-refractivity contribution is 0.133. The van der Waals surface area contributed by atoms with E-state index in [2.05, 4.69) is 36.1 Å². The highest BCUT2D eigenvalue weighted by molar-refractivity contribution is 4.77. The molecule has 0 aromatic carbocycles. The third-order valence-corrected chi connectivity index (χ3v) is 4.26. The Bertz CT molecular complexity index is 208. The fourth-order valence-electron chi connectivity index (χ4n) is 2.95. The highest BCUT2D eigenvalue weighted by Gasteiger charge is 2.20. The Balaban J connectivity index is 1.93. The van der Waals surface area contributed by atoms with Crippen molar-refractivity contribution in [2.45, 2.75) is 57.9 Å². The van der Waals surface area contributed by atoms with Crippen molar-refractivity contribution in [3.05, 3.63) is 0 Å². The van der Waals surface area contributed by atoms with Crippen LogP contribution in [0.1, 0.15) is 51.9 Å². The fourth-order valence-corrected chi connectivity index (χ4v) is 2.95. The van der Waals surface area contributed by atoms with E-state index >= 15 is 0 Å². The number of rotatable bonds is 10. The van der Waals surface area contributed by atoms with Gasteiger partial charge in [0.15, 0.2) is 0 Å². The van der Waals surface area contributed by atoms with E-state index in [-0.39, 0.29) is 0 Å². The van der Waals surface area contributed by atoms with Crippen molar-refractivity contribution in [3.63, 3.8) is 0 Å². The van der Waals surface area contributed by atoms with E-state index in [1.165, 1.54) is 77.7 Å². The van der Waals surface area contributed by atoms with E-state index in [0.717, 1.165) is 6.04 Å². The molecule has 0 aliphatic carbocycles. The van der Waals surface area contributed by atoms with Crippen LogP contribution in [0.25, 0.3) is 0 Å². The van der Waals surface area contributed by atoms with Crippen molar-refractivity contribution in [1.29, 1.82) is 0 Å².